The van der Waals surface area contributed by atoms with Gasteiger partial charge in [-0.3, -0.25) is 4.79 Å². The second kappa shape index (κ2) is 9.57. The van der Waals surface area contributed by atoms with Crippen molar-refractivity contribution in [2.75, 3.05) is 32.1 Å². The van der Waals surface area contributed by atoms with Crippen LogP contribution < -0.4 is 20.1 Å². The first-order chi connectivity index (χ1) is 11.7. The molecule has 0 aliphatic carbocycles. The Balaban J connectivity index is 1.75. The van der Waals surface area contributed by atoms with Crippen LogP contribution in [0.15, 0.2) is 48.5 Å². The molecule has 0 aromatic heterocycles. The van der Waals surface area contributed by atoms with Gasteiger partial charge in [0.05, 0.1) is 25.9 Å². The Morgan fingerprint density at radius 3 is 2.75 bits per heavy atom. The molecule has 0 saturated carbocycles. The van der Waals surface area contributed by atoms with E-state index < -0.39 is 0 Å². The maximum absolute atomic E-state index is 12.0. The summed E-state index contributed by atoms with van der Waals surface area (Å²) in [4.78, 5) is 12.0. The minimum atomic E-state index is -0.0900. The van der Waals surface area contributed by atoms with Gasteiger partial charge in [-0.15, -0.1) is 0 Å². The Morgan fingerprint density at radius 2 is 1.96 bits per heavy atom. The van der Waals surface area contributed by atoms with Gasteiger partial charge >= 0.3 is 0 Å². The Hall–Kier alpha value is -2.53. The number of ether oxygens (including phenoxy) is 2. The number of anilines is 1. The lowest BCUT2D eigenvalue weighted by Crippen LogP contribution is -2.29. The first kappa shape index (κ1) is 17.8. The minimum Gasteiger partial charge on any atom is -0.497 e. The summed E-state index contributed by atoms with van der Waals surface area (Å²) in [6.45, 7) is 3.45. The predicted octanol–water partition coefficient (Wildman–Crippen LogP) is 2.86. The number of para-hydroxylation sites is 2. The highest BCUT2D eigenvalue weighted by atomic mass is 16.5. The average molecular weight is 328 g/mol. The van der Waals surface area contributed by atoms with Gasteiger partial charge < -0.3 is 20.1 Å². The Bertz CT molecular complexity index is 659. The zero-order chi connectivity index (χ0) is 17.2. The van der Waals surface area contributed by atoms with E-state index in [1.54, 1.807) is 7.11 Å². The van der Waals surface area contributed by atoms with Gasteiger partial charge in [0.2, 0.25) is 5.91 Å². The molecule has 2 aromatic carbocycles. The lowest BCUT2D eigenvalue weighted by atomic mass is 10.1. The first-order valence-electron chi connectivity index (χ1n) is 8.08. The molecule has 0 atom stereocenters. The number of methoxy groups -OCH3 is 1. The normalized spacial score (nSPS) is 10.2. The maximum Gasteiger partial charge on any atom is 0.238 e. The number of benzene rings is 2. The van der Waals surface area contributed by atoms with E-state index in [0.717, 1.165) is 12.2 Å². The van der Waals surface area contributed by atoms with Crippen molar-refractivity contribution in [3.05, 3.63) is 54.1 Å². The smallest absolute Gasteiger partial charge is 0.238 e. The van der Waals surface area contributed by atoms with Crippen LogP contribution in [0, 0.1) is 0 Å². The van der Waals surface area contributed by atoms with Gasteiger partial charge in [0.1, 0.15) is 11.5 Å². The largest absolute Gasteiger partial charge is 0.497 e. The Morgan fingerprint density at radius 1 is 1.12 bits per heavy atom. The highest BCUT2D eigenvalue weighted by molar-refractivity contribution is 5.93. The minimum absolute atomic E-state index is 0.0900. The van der Waals surface area contributed by atoms with Crippen LogP contribution in [0.25, 0.3) is 0 Å². The predicted molar refractivity (Wildman–Crippen MR) is 95.8 cm³/mol. The van der Waals surface area contributed by atoms with Gasteiger partial charge in [0.25, 0.3) is 0 Å². The molecule has 1 amide bonds. The third kappa shape index (κ3) is 5.59. The van der Waals surface area contributed by atoms with Gasteiger partial charge in [-0.1, -0.05) is 24.3 Å². The number of carbonyl (C=O) groups excluding carboxylic acids is 1. The molecule has 0 aliphatic heterocycles. The van der Waals surface area contributed by atoms with Crippen LogP contribution in [0.2, 0.25) is 0 Å². The van der Waals surface area contributed by atoms with E-state index in [2.05, 4.69) is 10.6 Å². The SMILES string of the molecule is CCOc1ccccc1NC(=O)CNCCc1cccc(OC)c1. The summed E-state index contributed by atoms with van der Waals surface area (Å²) in [5.41, 5.74) is 1.86. The number of hydrogen-bond donors (Lipinski definition) is 2. The third-order valence-corrected chi connectivity index (χ3v) is 3.47. The summed E-state index contributed by atoms with van der Waals surface area (Å²) >= 11 is 0. The van der Waals surface area contributed by atoms with Gasteiger partial charge in [-0.25, -0.2) is 0 Å². The van der Waals surface area contributed by atoms with E-state index in [4.69, 9.17) is 9.47 Å². The quantitative estimate of drug-likeness (QED) is 0.695. The zero-order valence-corrected chi connectivity index (χ0v) is 14.2. The molecule has 0 unspecified atom stereocenters. The second-order valence-corrected chi connectivity index (χ2v) is 5.26. The highest BCUT2D eigenvalue weighted by Crippen LogP contribution is 2.23. The van der Waals surface area contributed by atoms with E-state index in [-0.39, 0.29) is 12.5 Å². The molecule has 5 heteroatoms. The van der Waals surface area contributed by atoms with Crippen LogP contribution in [0.5, 0.6) is 11.5 Å². The molecule has 0 fully saturated rings. The Kier molecular flexibility index (Phi) is 7.11. The topological polar surface area (TPSA) is 59.6 Å². The van der Waals surface area contributed by atoms with Crippen molar-refractivity contribution in [3.63, 3.8) is 0 Å². The summed E-state index contributed by atoms with van der Waals surface area (Å²) in [5.74, 6) is 1.44. The van der Waals surface area contributed by atoms with E-state index in [1.165, 1.54) is 5.56 Å². The molecule has 5 nitrogen and oxygen atoms in total. The summed E-state index contributed by atoms with van der Waals surface area (Å²) in [6, 6.07) is 15.4. The summed E-state index contributed by atoms with van der Waals surface area (Å²) in [6.07, 6.45) is 0.833. The first-order valence-corrected chi connectivity index (χ1v) is 8.08. The molecule has 0 spiro atoms. The van der Waals surface area contributed by atoms with E-state index in [9.17, 15) is 4.79 Å². The molecule has 0 aliphatic rings. The van der Waals surface area contributed by atoms with Crippen molar-refractivity contribution in [2.24, 2.45) is 0 Å². The van der Waals surface area contributed by atoms with Crippen molar-refractivity contribution in [3.8, 4) is 11.5 Å². The molecular formula is C19H24N2O3. The molecular weight excluding hydrogens is 304 g/mol. The van der Waals surface area contributed by atoms with E-state index in [0.29, 0.717) is 24.6 Å². The molecule has 128 valence electrons. The number of carbonyl (C=O) groups is 1. The van der Waals surface area contributed by atoms with Gasteiger partial charge in [-0.05, 0) is 49.7 Å². The van der Waals surface area contributed by atoms with Crippen molar-refractivity contribution in [1.82, 2.24) is 5.32 Å². The van der Waals surface area contributed by atoms with Crippen molar-refractivity contribution >= 4 is 11.6 Å². The van der Waals surface area contributed by atoms with Crippen LogP contribution in [0.1, 0.15) is 12.5 Å². The molecule has 2 aromatic rings. The number of amides is 1. The molecule has 2 rings (SSSR count). The van der Waals surface area contributed by atoms with Crippen molar-refractivity contribution in [1.29, 1.82) is 0 Å². The van der Waals surface area contributed by atoms with Gasteiger partial charge in [0.15, 0.2) is 0 Å². The highest BCUT2D eigenvalue weighted by Gasteiger charge is 2.06. The number of hydrogen-bond acceptors (Lipinski definition) is 4. The standard InChI is InChI=1S/C19H24N2O3/c1-3-24-18-10-5-4-9-17(18)21-19(22)14-20-12-11-15-7-6-8-16(13-15)23-2/h4-10,13,20H,3,11-12,14H2,1-2H3,(H,21,22). The monoisotopic (exact) mass is 328 g/mol. The summed E-state index contributed by atoms with van der Waals surface area (Å²) in [7, 11) is 1.65. The third-order valence-electron chi connectivity index (χ3n) is 3.47. The van der Waals surface area contributed by atoms with Crippen LogP contribution in [-0.2, 0) is 11.2 Å². The van der Waals surface area contributed by atoms with Crippen LogP contribution in [-0.4, -0.2) is 32.7 Å². The van der Waals surface area contributed by atoms with Crippen LogP contribution >= 0.6 is 0 Å². The summed E-state index contributed by atoms with van der Waals surface area (Å²) in [5, 5.41) is 6.01. The number of nitrogens with one attached hydrogen (secondary N) is 2. The maximum atomic E-state index is 12.0. The fraction of sp³-hybridized carbons (Fsp3) is 0.316. The second-order valence-electron chi connectivity index (χ2n) is 5.26. The Labute approximate surface area is 143 Å². The van der Waals surface area contributed by atoms with E-state index in [1.807, 2.05) is 55.5 Å². The van der Waals surface area contributed by atoms with Gasteiger partial charge in [-0.2, -0.15) is 0 Å². The van der Waals surface area contributed by atoms with Gasteiger partial charge in [0, 0.05) is 0 Å². The van der Waals surface area contributed by atoms with Crippen molar-refractivity contribution < 1.29 is 14.3 Å². The van der Waals surface area contributed by atoms with Crippen LogP contribution in [0.4, 0.5) is 5.69 Å². The number of rotatable bonds is 9. The average Bonchev–Trinajstić information content (AvgIpc) is 2.61. The molecule has 2 N–H and O–H groups in total. The fourth-order valence-corrected chi connectivity index (χ4v) is 2.31. The molecule has 0 radical (unpaired) electrons. The lowest BCUT2D eigenvalue weighted by Gasteiger charge is -2.11. The fourth-order valence-electron chi connectivity index (χ4n) is 2.31. The molecule has 0 heterocycles. The van der Waals surface area contributed by atoms with Crippen LogP contribution in [0.3, 0.4) is 0 Å². The molecule has 0 bridgehead atoms. The molecule has 24 heavy (non-hydrogen) atoms. The van der Waals surface area contributed by atoms with Crippen molar-refractivity contribution in [2.45, 2.75) is 13.3 Å². The van der Waals surface area contributed by atoms with E-state index >= 15 is 0 Å². The zero-order valence-electron chi connectivity index (χ0n) is 14.2. The summed E-state index contributed by atoms with van der Waals surface area (Å²) < 4.78 is 10.7. The molecule has 0 saturated heterocycles. The lowest BCUT2D eigenvalue weighted by molar-refractivity contribution is -0.115.